The quantitative estimate of drug-likeness (QED) is 0.891. The van der Waals surface area contributed by atoms with Crippen LogP contribution in [0.1, 0.15) is 25.3 Å². The van der Waals surface area contributed by atoms with Gasteiger partial charge in [-0.3, -0.25) is 0 Å². The van der Waals surface area contributed by atoms with Gasteiger partial charge >= 0.3 is 6.09 Å². The summed E-state index contributed by atoms with van der Waals surface area (Å²) in [7, 11) is 2.17. The predicted molar refractivity (Wildman–Crippen MR) is 104 cm³/mol. The lowest BCUT2D eigenvalue weighted by molar-refractivity contribution is 0.0556. The average molecular weight is 361 g/mol. The van der Waals surface area contributed by atoms with Crippen molar-refractivity contribution in [2.75, 3.05) is 51.3 Å². The van der Waals surface area contributed by atoms with Gasteiger partial charge in [-0.15, -0.1) is 0 Å². The van der Waals surface area contributed by atoms with Gasteiger partial charge in [0.05, 0.1) is 12.6 Å². The van der Waals surface area contributed by atoms with Crippen LogP contribution in [-0.4, -0.2) is 68.3 Å². The molecule has 1 aromatic carbocycles. The van der Waals surface area contributed by atoms with Gasteiger partial charge in [-0.25, -0.2) is 4.79 Å². The lowest BCUT2D eigenvalue weighted by Gasteiger charge is -2.46. The lowest BCUT2D eigenvalue weighted by atomic mass is 9.87. The molecular formula is C20H32N4O2. The molecule has 0 bridgehead atoms. The molecule has 2 aliphatic heterocycles. The molecule has 2 fully saturated rings. The molecule has 2 saturated heterocycles. The number of likely N-dealkylation sites (tertiary alicyclic amines) is 1. The van der Waals surface area contributed by atoms with Crippen LogP contribution in [0.15, 0.2) is 24.3 Å². The molecule has 26 heavy (non-hydrogen) atoms. The minimum Gasteiger partial charge on any atom is -0.450 e. The Bertz CT molecular complexity index is 584. The molecular weight excluding hydrogens is 328 g/mol. The van der Waals surface area contributed by atoms with Gasteiger partial charge in [0, 0.05) is 31.9 Å². The molecule has 0 aromatic heterocycles. The number of carbonyl (C=O) groups is 1. The van der Waals surface area contributed by atoms with Crippen molar-refractivity contribution < 1.29 is 9.53 Å². The number of rotatable bonds is 4. The van der Waals surface area contributed by atoms with Crippen molar-refractivity contribution >= 4 is 11.8 Å². The molecule has 0 spiro atoms. The smallest absolute Gasteiger partial charge is 0.410 e. The molecule has 6 nitrogen and oxygen atoms in total. The second kappa shape index (κ2) is 8.73. The van der Waals surface area contributed by atoms with Gasteiger partial charge in [-0.05, 0) is 63.5 Å². The molecule has 1 aromatic rings. The Morgan fingerprint density at radius 2 is 1.85 bits per heavy atom. The van der Waals surface area contributed by atoms with Crippen LogP contribution in [0, 0.1) is 5.92 Å². The van der Waals surface area contributed by atoms with Crippen LogP contribution in [0.2, 0.25) is 0 Å². The fourth-order valence-electron chi connectivity index (χ4n) is 4.14. The maximum Gasteiger partial charge on any atom is 0.410 e. The van der Waals surface area contributed by atoms with E-state index in [0.717, 1.165) is 44.6 Å². The number of piperazine rings is 1. The molecule has 2 aliphatic rings. The van der Waals surface area contributed by atoms with Gasteiger partial charge in [0.2, 0.25) is 0 Å². The fourth-order valence-corrected chi connectivity index (χ4v) is 4.14. The Morgan fingerprint density at radius 1 is 1.15 bits per heavy atom. The van der Waals surface area contributed by atoms with Crippen LogP contribution in [0.4, 0.5) is 10.5 Å². The highest BCUT2D eigenvalue weighted by Gasteiger charge is 2.37. The molecule has 144 valence electrons. The van der Waals surface area contributed by atoms with Gasteiger partial charge in [0.15, 0.2) is 0 Å². The monoisotopic (exact) mass is 360 g/mol. The molecule has 0 radical (unpaired) electrons. The first-order chi connectivity index (χ1) is 12.6. The number of benzene rings is 1. The van der Waals surface area contributed by atoms with E-state index < -0.39 is 0 Å². The van der Waals surface area contributed by atoms with Gasteiger partial charge in [-0.1, -0.05) is 12.1 Å². The third-order valence-corrected chi connectivity index (χ3v) is 5.77. The number of carbonyl (C=O) groups excluding carboxylic acids is 1. The van der Waals surface area contributed by atoms with Gasteiger partial charge in [0.25, 0.3) is 0 Å². The van der Waals surface area contributed by atoms with E-state index in [2.05, 4.69) is 41.1 Å². The summed E-state index contributed by atoms with van der Waals surface area (Å²) in [6.45, 7) is 7.49. The number of anilines is 1. The first-order valence-corrected chi connectivity index (χ1v) is 9.78. The zero-order chi connectivity index (χ0) is 18.5. The molecule has 1 amide bonds. The van der Waals surface area contributed by atoms with Crippen LogP contribution >= 0.6 is 0 Å². The van der Waals surface area contributed by atoms with E-state index in [1.54, 1.807) is 0 Å². The summed E-state index contributed by atoms with van der Waals surface area (Å²) in [5, 5.41) is 0. The molecule has 0 aliphatic carbocycles. The van der Waals surface area contributed by atoms with E-state index in [9.17, 15) is 4.79 Å². The van der Waals surface area contributed by atoms with Crippen molar-refractivity contribution in [3.05, 3.63) is 29.8 Å². The number of piperidine rings is 1. The topological polar surface area (TPSA) is 62.0 Å². The first kappa shape index (κ1) is 19.0. The number of hydrogen-bond acceptors (Lipinski definition) is 5. The molecule has 1 unspecified atom stereocenters. The zero-order valence-corrected chi connectivity index (χ0v) is 16.1. The van der Waals surface area contributed by atoms with E-state index in [1.807, 2.05) is 11.8 Å². The van der Waals surface area contributed by atoms with E-state index in [1.165, 1.54) is 5.69 Å². The third-order valence-electron chi connectivity index (χ3n) is 5.77. The van der Waals surface area contributed by atoms with Gasteiger partial charge < -0.3 is 25.2 Å². The molecule has 0 saturated carbocycles. The lowest BCUT2D eigenvalue weighted by Crippen LogP contribution is -2.59. The predicted octanol–water partition coefficient (Wildman–Crippen LogP) is 2.13. The second-order valence-corrected chi connectivity index (χ2v) is 7.42. The summed E-state index contributed by atoms with van der Waals surface area (Å²) in [6.07, 6.45) is 2.11. The summed E-state index contributed by atoms with van der Waals surface area (Å²) in [6, 6.07) is 8.70. The van der Waals surface area contributed by atoms with Crippen LogP contribution in [0.5, 0.6) is 0 Å². The Balaban J connectivity index is 1.75. The normalized spacial score (nSPS) is 22.5. The second-order valence-electron chi connectivity index (χ2n) is 7.42. The highest BCUT2D eigenvalue weighted by Crippen LogP contribution is 2.29. The number of ether oxygens (including phenoxy) is 1. The maximum atomic E-state index is 12.5. The zero-order valence-electron chi connectivity index (χ0n) is 16.1. The van der Waals surface area contributed by atoms with Crippen LogP contribution < -0.4 is 10.6 Å². The van der Waals surface area contributed by atoms with Crippen LogP contribution in [0.25, 0.3) is 0 Å². The van der Waals surface area contributed by atoms with E-state index in [4.69, 9.17) is 10.5 Å². The SMILES string of the molecule is CCOC(=O)N1CCN(c2ccc(CN)cc2)CC1C1CCN(C)CC1. The molecule has 2 N–H and O–H groups in total. The molecule has 1 atom stereocenters. The Hall–Kier alpha value is -1.79. The maximum absolute atomic E-state index is 12.5. The number of amides is 1. The van der Waals surface area contributed by atoms with Gasteiger partial charge in [-0.2, -0.15) is 0 Å². The van der Waals surface area contributed by atoms with Crippen molar-refractivity contribution in [1.29, 1.82) is 0 Å². The number of nitrogens with two attached hydrogens (primary N) is 1. The minimum atomic E-state index is -0.158. The summed E-state index contributed by atoms with van der Waals surface area (Å²) in [4.78, 5) is 19.3. The first-order valence-electron chi connectivity index (χ1n) is 9.78. The van der Waals surface area contributed by atoms with Crippen molar-refractivity contribution in [3.8, 4) is 0 Å². The number of nitrogens with zero attached hydrogens (tertiary/aromatic N) is 3. The van der Waals surface area contributed by atoms with E-state index in [0.29, 0.717) is 25.6 Å². The summed E-state index contributed by atoms with van der Waals surface area (Å²) in [5.74, 6) is 0.529. The van der Waals surface area contributed by atoms with Crippen molar-refractivity contribution in [2.45, 2.75) is 32.4 Å². The standard InChI is InChI=1S/C20H32N4O2/c1-3-26-20(25)24-13-12-23(18-6-4-16(14-21)5-7-18)15-19(24)17-8-10-22(2)11-9-17/h4-7,17,19H,3,8-15,21H2,1-2H3. The largest absolute Gasteiger partial charge is 0.450 e. The summed E-state index contributed by atoms with van der Waals surface area (Å²) < 4.78 is 5.34. The molecule has 2 heterocycles. The Kier molecular flexibility index (Phi) is 6.38. The summed E-state index contributed by atoms with van der Waals surface area (Å²) >= 11 is 0. The summed E-state index contributed by atoms with van der Waals surface area (Å²) in [5.41, 5.74) is 8.07. The number of hydrogen-bond donors (Lipinski definition) is 1. The highest BCUT2D eigenvalue weighted by molar-refractivity contribution is 5.69. The average Bonchev–Trinajstić information content (AvgIpc) is 2.68. The van der Waals surface area contributed by atoms with Gasteiger partial charge in [0.1, 0.15) is 0 Å². The van der Waals surface area contributed by atoms with Crippen LogP contribution in [-0.2, 0) is 11.3 Å². The van der Waals surface area contributed by atoms with E-state index in [-0.39, 0.29) is 12.1 Å². The van der Waals surface area contributed by atoms with Crippen molar-refractivity contribution in [3.63, 3.8) is 0 Å². The van der Waals surface area contributed by atoms with Crippen molar-refractivity contribution in [2.24, 2.45) is 11.7 Å². The minimum absolute atomic E-state index is 0.158. The fraction of sp³-hybridized carbons (Fsp3) is 0.650. The van der Waals surface area contributed by atoms with E-state index >= 15 is 0 Å². The van der Waals surface area contributed by atoms with Crippen molar-refractivity contribution in [1.82, 2.24) is 9.80 Å². The highest BCUT2D eigenvalue weighted by atomic mass is 16.6. The third kappa shape index (κ3) is 4.30. The Morgan fingerprint density at radius 3 is 2.46 bits per heavy atom. The molecule has 6 heteroatoms. The van der Waals surface area contributed by atoms with Crippen LogP contribution in [0.3, 0.4) is 0 Å². The Labute approximate surface area is 156 Å². The molecule has 3 rings (SSSR count).